The maximum Gasteiger partial charge on any atom is 0.409 e. The molecule has 2 amide bonds. The zero-order valence-electron chi connectivity index (χ0n) is 13.6. The fourth-order valence-corrected chi connectivity index (χ4v) is 3.53. The highest BCUT2D eigenvalue weighted by molar-refractivity contribution is 7.10. The van der Waals surface area contributed by atoms with Crippen LogP contribution in [0.15, 0.2) is 17.5 Å². The fourth-order valence-electron chi connectivity index (χ4n) is 2.70. The molecular formula is C16H22N2O5S. The van der Waals surface area contributed by atoms with E-state index < -0.39 is 5.97 Å². The van der Waals surface area contributed by atoms with Crippen molar-refractivity contribution in [3.63, 3.8) is 0 Å². The van der Waals surface area contributed by atoms with E-state index in [0.29, 0.717) is 32.8 Å². The molecule has 0 unspecified atom stereocenters. The van der Waals surface area contributed by atoms with Gasteiger partial charge in [-0.2, -0.15) is 0 Å². The van der Waals surface area contributed by atoms with Crippen molar-refractivity contribution < 1.29 is 24.2 Å². The predicted molar refractivity (Wildman–Crippen MR) is 89.1 cm³/mol. The van der Waals surface area contributed by atoms with E-state index >= 15 is 0 Å². The first-order valence-electron chi connectivity index (χ1n) is 7.96. The zero-order chi connectivity index (χ0) is 17.5. The molecule has 2 rings (SSSR count). The maximum absolute atomic E-state index is 12.5. The van der Waals surface area contributed by atoms with Gasteiger partial charge in [0.05, 0.1) is 13.0 Å². The van der Waals surface area contributed by atoms with Gasteiger partial charge in [-0.15, -0.1) is 11.3 Å². The summed E-state index contributed by atoms with van der Waals surface area (Å²) in [5.74, 6) is -1.29. The fraction of sp³-hybridized carbons (Fsp3) is 0.562. The molecule has 1 aromatic heterocycles. The number of carboxylic acid groups (broad SMARTS) is 1. The molecule has 1 aliphatic rings. The normalized spacial score (nSPS) is 15.9. The number of aliphatic carboxylic acids is 1. The van der Waals surface area contributed by atoms with Gasteiger partial charge in [0.15, 0.2) is 0 Å². The van der Waals surface area contributed by atoms with Gasteiger partial charge in [0.1, 0.15) is 0 Å². The molecular weight excluding hydrogens is 332 g/mol. The Hall–Kier alpha value is -2.09. The Labute approximate surface area is 144 Å². The Morgan fingerprint density at radius 3 is 2.42 bits per heavy atom. The standard InChI is InChI=1S/C16H22N2O5S/c1-2-23-16(22)18-7-5-17(6-8-18)14(19)10-12(11-15(20)21)13-4-3-9-24-13/h3-4,9,12H,2,5-8,10-11H2,1H3,(H,20,21)/t12-/m1/s1. The van der Waals surface area contributed by atoms with Gasteiger partial charge < -0.3 is 19.6 Å². The first-order chi connectivity index (χ1) is 11.5. The van der Waals surface area contributed by atoms with Gasteiger partial charge >= 0.3 is 12.1 Å². The van der Waals surface area contributed by atoms with E-state index in [1.807, 2.05) is 17.5 Å². The summed E-state index contributed by atoms with van der Waals surface area (Å²) in [6, 6.07) is 3.72. The van der Waals surface area contributed by atoms with Crippen LogP contribution in [0.2, 0.25) is 0 Å². The molecule has 1 atom stereocenters. The third-order valence-corrected chi connectivity index (χ3v) is 4.98. The van der Waals surface area contributed by atoms with Gasteiger partial charge in [0.2, 0.25) is 5.91 Å². The van der Waals surface area contributed by atoms with E-state index in [1.165, 1.54) is 11.3 Å². The molecule has 1 saturated heterocycles. The van der Waals surface area contributed by atoms with Crippen molar-refractivity contribution in [1.29, 1.82) is 0 Å². The number of nitrogens with zero attached hydrogens (tertiary/aromatic N) is 2. The van der Waals surface area contributed by atoms with Gasteiger partial charge in [0.25, 0.3) is 0 Å². The molecule has 0 aromatic carbocycles. The third kappa shape index (κ3) is 4.95. The summed E-state index contributed by atoms with van der Waals surface area (Å²) in [4.78, 5) is 39.4. The second-order valence-electron chi connectivity index (χ2n) is 5.58. The molecule has 2 heterocycles. The van der Waals surface area contributed by atoms with Crippen LogP contribution in [0.25, 0.3) is 0 Å². The lowest BCUT2D eigenvalue weighted by atomic mass is 9.98. The van der Waals surface area contributed by atoms with Crippen molar-refractivity contribution in [2.24, 2.45) is 0 Å². The Bertz CT molecular complexity index is 567. The lowest BCUT2D eigenvalue weighted by Gasteiger charge is -2.34. The molecule has 1 N–H and O–H groups in total. The number of rotatable bonds is 6. The zero-order valence-corrected chi connectivity index (χ0v) is 14.5. The summed E-state index contributed by atoms with van der Waals surface area (Å²) >= 11 is 1.47. The molecule has 0 radical (unpaired) electrons. The lowest BCUT2D eigenvalue weighted by Crippen LogP contribution is -2.50. The minimum atomic E-state index is -0.909. The van der Waals surface area contributed by atoms with Crippen LogP contribution in [0.4, 0.5) is 4.79 Å². The van der Waals surface area contributed by atoms with Crippen molar-refractivity contribution in [3.05, 3.63) is 22.4 Å². The van der Waals surface area contributed by atoms with Gasteiger partial charge in [-0.3, -0.25) is 9.59 Å². The number of hydrogen-bond donors (Lipinski definition) is 1. The molecule has 0 aliphatic carbocycles. The van der Waals surface area contributed by atoms with Crippen LogP contribution >= 0.6 is 11.3 Å². The van der Waals surface area contributed by atoms with Crippen LogP contribution in [0.1, 0.15) is 30.6 Å². The summed E-state index contributed by atoms with van der Waals surface area (Å²) in [5.41, 5.74) is 0. The second-order valence-corrected chi connectivity index (χ2v) is 6.56. The van der Waals surface area contributed by atoms with E-state index in [0.717, 1.165) is 4.88 Å². The van der Waals surface area contributed by atoms with Crippen LogP contribution in [-0.2, 0) is 14.3 Å². The molecule has 0 bridgehead atoms. The summed E-state index contributed by atoms with van der Waals surface area (Å²) in [7, 11) is 0. The molecule has 7 nitrogen and oxygen atoms in total. The molecule has 0 spiro atoms. The average molecular weight is 354 g/mol. The number of thiophene rings is 1. The summed E-state index contributed by atoms with van der Waals surface area (Å²) < 4.78 is 4.95. The van der Waals surface area contributed by atoms with E-state index in [1.54, 1.807) is 16.7 Å². The number of amides is 2. The quantitative estimate of drug-likeness (QED) is 0.844. The summed E-state index contributed by atoms with van der Waals surface area (Å²) in [6.07, 6.45) is -0.242. The smallest absolute Gasteiger partial charge is 0.409 e. The number of carbonyl (C=O) groups is 3. The van der Waals surface area contributed by atoms with Gasteiger partial charge in [-0.1, -0.05) is 6.07 Å². The molecule has 1 aromatic rings. The van der Waals surface area contributed by atoms with Crippen LogP contribution in [0.5, 0.6) is 0 Å². The monoisotopic (exact) mass is 354 g/mol. The largest absolute Gasteiger partial charge is 0.481 e. The molecule has 1 aliphatic heterocycles. The van der Waals surface area contributed by atoms with E-state index in [4.69, 9.17) is 9.84 Å². The number of carboxylic acids is 1. The minimum absolute atomic E-state index is 0.0605. The Kier molecular flexibility index (Phi) is 6.60. The molecule has 24 heavy (non-hydrogen) atoms. The van der Waals surface area contributed by atoms with Crippen molar-refractivity contribution in [1.82, 2.24) is 9.80 Å². The number of piperazine rings is 1. The topological polar surface area (TPSA) is 87.2 Å². The Balaban J connectivity index is 1.89. The second kappa shape index (κ2) is 8.68. The minimum Gasteiger partial charge on any atom is -0.481 e. The predicted octanol–water partition coefficient (Wildman–Crippen LogP) is 2.00. The van der Waals surface area contributed by atoms with Crippen molar-refractivity contribution in [2.45, 2.75) is 25.7 Å². The summed E-state index contributed by atoms with van der Waals surface area (Å²) in [6.45, 7) is 3.85. The number of ether oxygens (including phenoxy) is 1. The van der Waals surface area contributed by atoms with Crippen LogP contribution in [0, 0.1) is 0 Å². The number of carbonyl (C=O) groups excluding carboxylic acids is 2. The molecule has 132 valence electrons. The highest BCUT2D eigenvalue weighted by Gasteiger charge is 2.27. The number of hydrogen-bond acceptors (Lipinski definition) is 5. The van der Waals surface area contributed by atoms with E-state index in [2.05, 4.69) is 0 Å². The molecule has 1 fully saturated rings. The van der Waals surface area contributed by atoms with Crippen molar-refractivity contribution in [2.75, 3.05) is 32.8 Å². The first kappa shape index (κ1) is 18.3. The van der Waals surface area contributed by atoms with Crippen LogP contribution < -0.4 is 0 Å². The molecule has 0 saturated carbocycles. The third-order valence-electron chi connectivity index (χ3n) is 3.95. The SMILES string of the molecule is CCOC(=O)N1CCN(C(=O)C[C@H](CC(=O)O)c2cccs2)CC1. The lowest BCUT2D eigenvalue weighted by molar-refractivity contribution is -0.138. The first-order valence-corrected chi connectivity index (χ1v) is 8.84. The average Bonchev–Trinajstić information content (AvgIpc) is 3.08. The van der Waals surface area contributed by atoms with Crippen LogP contribution in [0.3, 0.4) is 0 Å². The van der Waals surface area contributed by atoms with E-state index in [9.17, 15) is 14.4 Å². The maximum atomic E-state index is 12.5. The van der Waals surface area contributed by atoms with Crippen molar-refractivity contribution in [3.8, 4) is 0 Å². The van der Waals surface area contributed by atoms with Crippen LogP contribution in [-0.4, -0.2) is 65.7 Å². The Morgan fingerprint density at radius 1 is 1.21 bits per heavy atom. The highest BCUT2D eigenvalue weighted by atomic mass is 32.1. The van der Waals surface area contributed by atoms with Crippen molar-refractivity contribution >= 4 is 29.3 Å². The van der Waals surface area contributed by atoms with Gasteiger partial charge in [-0.05, 0) is 18.4 Å². The van der Waals surface area contributed by atoms with Gasteiger partial charge in [0, 0.05) is 43.4 Å². The summed E-state index contributed by atoms with van der Waals surface area (Å²) in [5, 5.41) is 11.0. The highest BCUT2D eigenvalue weighted by Crippen LogP contribution is 2.28. The van der Waals surface area contributed by atoms with E-state index in [-0.39, 0.29) is 30.8 Å². The van der Waals surface area contributed by atoms with Gasteiger partial charge in [-0.25, -0.2) is 4.79 Å². The molecule has 8 heteroatoms. The Morgan fingerprint density at radius 2 is 1.88 bits per heavy atom.